The number of likely N-dealkylation sites (tertiary alicyclic amines) is 1. The van der Waals surface area contributed by atoms with Crippen molar-refractivity contribution in [1.29, 1.82) is 0 Å². The van der Waals surface area contributed by atoms with Crippen molar-refractivity contribution >= 4 is 17.9 Å². The molecular weight excluding hydrogens is 460 g/mol. The van der Waals surface area contributed by atoms with E-state index in [4.69, 9.17) is 10.3 Å². The Balaban J connectivity index is 1.83. The summed E-state index contributed by atoms with van der Waals surface area (Å²) in [5.41, 5.74) is 9.92. The lowest BCUT2D eigenvalue weighted by atomic mass is 9.85. The van der Waals surface area contributed by atoms with E-state index in [-0.39, 0.29) is 24.9 Å². The summed E-state index contributed by atoms with van der Waals surface area (Å²) in [5.74, 6) is -0.696. The minimum absolute atomic E-state index is 0.102. The van der Waals surface area contributed by atoms with Crippen LogP contribution >= 0.6 is 0 Å². The number of hydrogen-bond acceptors (Lipinski definition) is 5. The van der Waals surface area contributed by atoms with E-state index < -0.39 is 41.1 Å². The minimum Gasteiger partial charge on any atom is -0.444 e. The van der Waals surface area contributed by atoms with Gasteiger partial charge in [-0.3, -0.25) is 9.59 Å². The summed E-state index contributed by atoms with van der Waals surface area (Å²) in [6.45, 7) is 10.8. The lowest BCUT2D eigenvalue weighted by Gasteiger charge is -2.36. The Bertz CT molecular complexity index is 1040. The number of nitrogens with zero attached hydrogens (tertiary/aromatic N) is 4. The quantitative estimate of drug-likeness (QED) is 0.353. The first-order valence-electron chi connectivity index (χ1n) is 12.5. The molecule has 1 aliphatic carbocycles. The summed E-state index contributed by atoms with van der Waals surface area (Å²) in [7, 11) is 0. The number of rotatable bonds is 5. The lowest BCUT2D eigenvalue weighted by molar-refractivity contribution is -0.142. The molecule has 4 atom stereocenters. The van der Waals surface area contributed by atoms with Crippen molar-refractivity contribution in [2.45, 2.75) is 97.0 Å². The van der Waals surface area contributed by atoms with Gasteiger partial charge in [0.2, 0.25) is 11.8 Å². The van der Waals surface area contributed by atoms with Gasteiger partial charge in [0.25, 0.3) is 0 Å². The van der Waals surface area contributed by atoms with Gasteiger partial charge in [-0.15, -0.1) is 0 Å². The fraction of sp³-hybridized carbons (Fsp3) is 0.654. The Kier molecular flexibility index (Phi) is 8.19. The highest BCUT2D eigenvalue weighted by atomic mass is 16.6. The summed E-state index contributed by atoms with van der Waals surface area (Å²) in [5, 5.41) is 9.63. The number of fused-ring (bicyclic) bond motifs is 1. The van der Waals surface area contributed by atoms with Crippen LogP contribution in [0.1, 0.15) is 78.0 Å². The van der Waals surface area contributed by atoms with Crippen LogP contribution < -0.4 is 10.6 Å². The smallest absolute Gasteiger partial charge is 0.408 e. The van der Waals surface area contributed by atoms with Crippen LogP contribution in [-0.2, 0) is 20.7 Å². The molecule has 1 fully saturated rings. The standard InChI is InChI=1S/C26H38N6O4/c1-25(2,3)21(29-24(35)36-26(4,5)6)23(34)32-15-17(30-31-27)14-20(32)22(33)28-19-13-9-11-16-10-7-8-12-18(16)19/h7-8,10,12,17,19-21H,9,11,13-15H2,1-6H3,(H,28,33)(H,29,35)/t17-,19+,20-,21+/m0/s1. The Morgan fingerprint density at radius 2 is 1.86 bits per heavy atom. The zero-order chi connectivity index (χ0) is 26.7. The Morgan fingerprint density at radius 1 is 1.17 bits per heavy atom. The Hall–Kier alpha value is -3.26. The molecule has 0 saturated carbocycles. The van der Waals surface area contributed by atoms with E-state index >= 15 is 0 Å². The molecular formula is C26H38N6O4. The molecule has 10 heteroatoms. The first-order valence-corrected chi connectivity index (χ1v) is 12.5. The van der Waals surface area contributed by atoms with Crippen molar-refractivity contribution in [2.24, 2.45) is 10.5 Å². The average molecular weight is 499 g/mol. The number of hydrogen-bond donors (Lipinski definition) is 2. The van der Waals surface area contributed by atoms with E-state index in [9.17, 15) is 14.4 Å². The Labute approximate surface area is 212 Å². The van der Waals surface area contributed by atoms with E-state index in [2.05, 4.69) is 26.7 Å². The molecule has 0 unspecified atom stereocenters. The van der Waals surface area contributed by atoms with Gasteiger partial charge in [0.1, 0.15) is 17.7 Å². The third-order valence-electron chi connectivity index (χ3n) is 6.54. The third-order valence-corrected chi connectivity index (χ3v) is 6.54. The Morgan fingerprint density at radius 3 is 2.50 bits per heavy atom. The van der Waals surface area contributed by atoms with E-state index in [1.165, 1.54) is 10.5 Å². The van der Waals surface area contributed by atoms with Gasteiger partial charge < -0.3 is 20.3 Å². The van der Waals surface area contributed by atoms with Crippen LogP contribution in [-0.4, -0.2) is 53.1 Å². The monoisotopic (exact) mass is 498 g/mol. The maximum absolute atomic E-state index is 13.8. The van der Waals surface area contributed by atoms with Gasteiger partial charge in [0.05, 0.1) is 12.1 Å². The molecule has 0 spiro atoms. The maximum Gasteiger partial charge on any atom is 0.408 e. The largest absolute Gasteiger partial charge is 0.444 e. The fourth-order valence-corrected chi connectivity index (χ4v) is 4.87. The lowest BCUT2D eigenvalue weighted by Crippen LogP contribution is -2.58. The molecule has 0 aromatic heterocycles. The van der Waals surface area contributed by atoms with Crippen LogP contribution in [0.25, 0.3) is 10.4 Å². The number of alkyl carbamates (subject to hydrolysis) is 1. The average Bonchev–Trinajstić information content (AvgIpc) is 3.20. The van der Waals surface area contributed by atoms with Crippen LogP contribution in [0.15, 0.2) is 29.4 Å². The summed E-state index contributed by atoms with van der Waals surface area (Å²) in [6, 6.07) is 5.63. The second kappa shape index (κ2) is 10.8. The summed E-state index contributed by atoms with van der Waals surface area (Å²) < 4.78 is 5.38. The number of aryl methyl sites for hydroxylation is 1. The van der Waals surface area contributed by atoms with Crippen molar-refractivity contribution in [1.82, 2.24) is 15.5 Å². The number of azide groups is 1. The number of carbonyl (C=O) groups excluding carboxylic acids is 3. The van der Waals surface area contributed by atoms with E-state index in [0.717, 1.165) is 24.8 Å². The van der Waals surface area contributed by atoms with Crippen LogP contribution in [0.4, 0.5) is 4.79 Å². The zero-order valence-electron chi connectivity index (χ0n) is 22.1. The van der Waals surface area contributed by atoms with Crippen molar-refractivity contribution < 1.29 is 19.1 Å². The van der Waals surface area contributed by atoms with Gasteiger partial charge in [0.15, 0.2) is 0 Å². The molecule has 1 saturated heterocycles. The molecule has 0 radical (unpaired) electrons. The highest BCUT2D eigenvalue weighted by Crippen LogP contribution is 2.31. The van der Waals surface area contributed by atoms with Crippen molar-refractivity contribution in [3.05, 3.63) is 45.8 Å². The molecule has 10 nitrogen and oxygen atoms in total. The van der Waals surface area contributed by atoms with Gasteiger partial charge >= 0.3 is 6.09 Å². The minimum atomic E-state index is -0.942. The first-order chi connectivity index (χ1) is 16.8. The number of benzene rings is 1. The fourth-order valence-electron chi connectivity index (χ4n) is 4.87. The predicted octanol–water partition coefficient (Wildman–Crippen LogP) is 4.40. The summed E-state index contributed by atoms with van der Waals surface area (Å²) >= 11 is 0. The normalized spacial score (nSPS) is 22.6. The van der Waals surface area contributed by atoms with E-state index in [1.807, 2.05) is 39.0 Å². The predicted molar refractivity (Wildman–Crippen MR) is 136 cm³/mol. The highest BCUT2D eigenvalue weighted by molar-refractivity contribution is 5.92. The molecule has 3 rings (SSSR count). The van der Waals surface area contributed by atoms with E-state index in [0.29, 0.717) is 0 Å². The molecule has 2 aliphatic rings. The van der Waals surface area contributed by atoms with Gasteiger partial charge in [0, 0.05) is 11.5 Å². The number of amides is 3. The molecule has 1 aromatic rings. The van der Waals surface area contributed by atoms with E-state index in [1.54, 1.807) is 20.8 Å². The van der Waals surface area contributed by atoms with Crippen LogP contribution in [0.3, 0.4) is 0 Å². The van der Waals surface area contributed by atoms with Gasteiger partial charge in [-0.25, -0.2) is 4.79 Å². The SMILES string of the molecule is CC(C)(C)OC(=O)N[C@H](C(=O)N1C[C@@H](N=[N+]=[N-])C[C@H]1C(=O)N[C@@H]1CCCc2ccccc21)C(C)(C)C. The maximum atomic E-state index is 13.8. The molecule has 1 aliphatic heterocycles. The molecule has 1 aromatic carbocycles. The second-order valence-electron chi connectivity index (χ2n) is 11.7. The molecule has 2 N–H and O–H groups in total. The third kappa shape index (κ3) is 6.69. The van der Waals surface area contributed by atoms with Gasteiger partial charge in [-0.1, -0.05) is 50.2 Å². The van der Waals surface area contributed by atoms with Gasteiger partial charge in [-0.2, -0.15) is 0 Å². The van der Waals surface area contributed by atoms with Crippen LogP contribution in [0, 0.1) is 5.41 Å². The van der Waals surface area contributed by atoms with Crippen LogP contribution in [0.5, 0.6) is 0 Å². The molecule has 3 amide bonds. The molecule has 196 valence electrons. The molecule has 1 heterocycles. The number of carbonyl (C=O) groups is 3. The number of nitrogens with one attached hydrogen (secondary N) is 2. The summed E-state index contributed by atoms with van der Waals surface area (Å²) in [6.07, 6.45) is 2.26. The summed E-state index contributed by atoms with van der Waals surface area (Å²) in [4.78, 5) is 44.2. The first kappa shape index (κ1) is 27.3. The van der Waals surface area contributed by atoms with Crippen molar-refractivity contribution in [3.63, 3.8) is 0 Å². The van der Waals surface area contributed by atoms with Gasteiger partial charge in [-0.05, 0) is 68.5 Å². The topological polar surface area (TPSA) is 136 Å². The van der Waals surface area contributed by atoms with Crippen molar-refractivity contribution in [3.8, 4) is 0 Å². The molecule has 36 heavy (non-hydrogen) atoms. The second-order valence-corrected chi connectivity index (χ2v) is 11.7. The zero-order valence-corrected chi connectivity index (χ0v) is 22.1. The number of ether oxygens (including phenoxy) is 1. The van der Waals surface area contributed by atoms with Crippen LogP contribution in [0.2, 0.25) is 0 Å². The van der Waals surface area contributed by atoms with Crippen molar-refractivity contribution in [2.75, 3.05) is 6.54 Å². The molecule has 0 bridgehead atoms. The highest BCUT2D eigenvalue weighted by Gasteiger charge is 2.45.